The predicted molar refractivity (Wildman–Crippen MR) is 76.0 cm³/mol. The summed E-state index contributed by atoms with van der Waals surface area (Å²) in [5, 5.41) is 0. The number of benzene rings is 1. The standard InChI is InChI=1S/C17H24O/c18-17-13-8-6-4-2-1-3-5-7-10-15-11-9-12-16(17)14-15/h9,11-12,14H,1-8,10,13H2. The number of fused-ring (bicyclic) bond motifs is 2. The Morgan fingerprint density at radius 2 is 1.33 bits per heavy atom. The fourth-order valence-electron chi connectivity index (χ4n) is 2.72. The van der Waals surface area contributed by atoms with Gasteiger partial charge in [0, 0.05) is 12.0 Å². The Morgan fingerprint density at radius 1 is 0.722 bits per heavy atom. The SMILES string of the molecule is O=C1CCCCCCCCCCc2cccc1c2. The third-order valence-electron chi connectivity index (χ3n) is 3.87. The molecule has 0 heterocycles. The highest BCUT2D eigenvalue weighted by Crippen LogP contribution is 2.16. The van der Waals surface area contributed by atoms with Gasteiger partial charge < -0.3 is 0 Å². The van der Waals surface area contributed by atoms with Crippen LogP contribution >= 0.6 is 0 Å². The molecule has 18 heavy (non-hydrogen) atoms. The molecule has 0 saturated heterocycles. The van der Waals surface area contributed by atoms with Crippen molar-refractivity contribution >= 4 is 5.78 Å². The maximum Gasteiger partial charge on any atom is 0.162 e. The van der Waals surface area contributed by atoms with Crippen molar-refractivity contribution < 1.29 is 4.79 Å². The summed E-state index contributed by atoms with van der Waals surface area (Å²) >= 11 is 0. The first-order valence-electron chi connectivity index (χ1n) is 7.48. The molecule has 0 fully saturated rings. The molecule has 1 aromatic carbocycles. The van der Waals surface area contributed by atoms with E-state index in [9.17, 15) is 4.79 Å². The van der Waals surface area contributed by atoms with Crippen LogP contribution in [0.3, 0.4) is 0 Å². The number of carbonyl (C=O) groups excluding carboxylic acids is 1. The lowest BCUT2D eigenvalue weighted by molar-refractivity contribution is 0.0979. The van der Waals surface area contributed by atoms with Gasteiger partial charge in [-0.1, -0.05) is 56.7 Å². The Morgan fingerprint density at radius 3 is 2.06 bits per heavy atom. The Kier molecular flexibility index (Phi) is 5.44. The van der Waals surface area contributed by atoms with E-state index in [0.717, 1.165) is 24.8 Å². The van der Waals surface area contributed by atoms with Gasteiger partial charge in [-0.2, -0.15) is 0 Å². The van der Waals surface area contributed by atoms with Gasteiger partial charge in [0.05, 0.1) is 0 Å². The molecule has 1 aliphatic carbocycles. The lowest BCUT2D eigenvalue weighted by atomic mass is 9.98. The summed E-state index contributed by atoms with van der Waals surface area (Å²) in [4.78, 5) is 12.0. The molecule has 2 rings (SSSR count). The Bertz CT molecular complexity index is 381. The van der Waals surface area contributed by atoms with Crippen molar-refractivity contribution in [2.75, 3.05) is 0 Å². The lowest BCUT2D eigenvalue weighted by Gasteiger charge is -2.07. The van der Waals surface area contributed by atoms with Gasteiger partial charge in [-0.15, -0.1) is 0 Å². The molecule has 0 saturated carbocycles. The second-order valence-corrected chi connectivity index (χ2v) is 5.45. The molecule has 2 bridgehead atoms. The van der Waals surface area contributed by atoms with Crippen LogP contribution in [-0.2, 0) is 6.42 Å². The third-order valence-corrected chi connectivity index (χ3v) is 3.87. The fourth-order valence-corrected chi connectivity index (χ4v) is 2.72. The molecule has 1 aliphatic rings. The van der Waals surface area contributed by atoms with E-state index in [2.05, 4.69) is 12.1 Å². The summed E-state index contributed by atoms with van der Waals surface area (Å²) in [5.74, 6) is 0.328. The van der Waals surface area contributed by atoms with Gasteiger partial charge in [0.2, 0.25) is 0 Å². The summed E-state index contributed by atoms with van der Waals surface area (Å²) < 4.78 is 0. The van der Waals surface area contributed by atoms with Crippen molar-refractivity contribution in [3.8, 4) is 0 Å². The van der Waals surface area contributed by atoms with E-state index in [1.54, 1.807) is 0 Å². The van der Waals surface area contributed by atoms with Crippen LogP contribution in [-0.4, -0.2) is 5.78 Å². The minimum atomic E-state index is 0.328. The maximum absolute atomic E-state index is 12.0. The van der Waals surface area contributed by atoms with Gasteiger partial charge in [0.15, 0.2) is 5.78 Å². The Balaban J connectivity index is 2.02. The summed E-state index contributed by atoms with van der Waals surface area (Å²) in [5.41, 5.74) is 2.25. The molecule has 0 aliphatic heterocycles. The summed E-state index contributed by atoms with van der Waals surface area (Å²) in [6.07, 6.45) is 12.1. The van der Waals surface area contributed by atoms with Crippen molar-refractivity contribution in [3.05, 3.63) is 35.4 Å². The van der Waals surface area contributed by atoms with E-state index >= 15 is 0 Å². The summed E-state index contributed by atoms with van der Waals surface area (Å²) in [7, 11) is 0. The van der Waals surface area contributed by atoms with Crippen LogP contribution in [0.1, 0.15) is 73.7 Å². The first-order valence-corrected chi connectivity index (χ1v) is 7.48. The van der Waals surface area contributed by atoms with Crippen molar-refractivity contribution in [2.24, 2.45) is 0 Å². The van der Waals surface area contributed by atoms with Gasteiger partial charge in [-0.25, -0.2) is 0 Å². The average molecular weight is 244 g/mol. The lowest BCUT2D eigenvalue weighted by Crippen LogP contribution is -2.00. The molecule has 0 amide bonds. The highest BCUT2D eigenvalue weighted by Gasteiger charge is 2.07. The van der Waals surface area contributed by atoms with Crippen molar-refractivity contribution in [2.45, 2.75) is 64.2 Å². The number of carbonyl (C=O) groups is 1. The highest BCUT2D eigenvalue weighted by atomic mass is 16.1. The molecule has 0 N–H and O–H groups in total. The summed E-state index contributed by atoms with van der Waals surface area (Å²) in [6.45, 7) is 0. The number of rotatable bonds is 0. The zero-order valence-electron chi connectivity index (χ0n) is 11.3. The molecule has 0 aromatic heterocycles. The van der Waals surface area contributed by atoms with Crippen molar-refractivity contribution in [1.82, 2.24) is 0 Å². The van der Waals surface area contributed by atoms with Crippen LogP contribution in [0.4, 0.5) is 0 Å². The molecule has 0 atom stereocenters. The Hall–Kier alpha value is -1.11. The largest absolute Gasteiger partial charge is 0.294 e. The molecule has 0 unspecified atom stereocenters. The zero-order valence-corrected chi connectivity index (χ0v) is 11.3. The topological polar surface area (TPSA) is 17.1 Å². The van der Waals surface area contributed by atoms with Gasteiger partial charge in [0.1, 0.15) is 0 Å². The number of Topliss-reactive ketones (excluding diaryl/α,β-unsaturated/α-hetero) is 1. The van der Waals surface area contributed by atoms with Gasteiger partial charge >= 0.3 is 0 Å². The van der Waals surface area contributed by atoms with Crippen LogP contribution in [0.2, 0.25) is 0 Å². The van der Waals surface area contributed by atoms with Crippen LogP contribution < -0.4 is 0 Å². The average Bonchev–Trinajstić information content (AvgIpc) is 2.40. The van der Waals surface area contributed by atoms with E-state index in [4.69, 9.17) is 0 Å². The minimum Gasteiger partial charge on any atom is -0.294 e. The van der Waals surface area contributed by atoms with Gasteiger partial charge in [-0.05, 0) is 30.9 Å². The monoisotopic (exact) mass is 244 g/mol. The number of hydrogen-bond acceptors (Lipinski definition) is 1. The molecular formula is C17H24O. The minimum absolute atomic E-state index is 0.328. The number of ketones is 1. The molecule has 1 heteroatoms. The van der Waals surface area contributed by atoms with Crippen LogP contribution in [0, 0.1) is 0 Å². The van der Waals surface area contributed by atoms with Gasteiger partial charge in [0.25, 0.3) is 0 Å². The van der Waals surface area contributed by atoms with Crippen molar-refractivity contribution in [1.29, 1.82) is 0 Å². The first kappa shape index (κ1) is 13.3. The van der Waals surface area contributed by atoms with E-state index < -0.39 is 0 Å². The highest BCUT2D eigenvalue weighted by molar-refractivity contribution is 5.96. The van der Waals surface area contributed by atoms with E-state index in [1.807, 2.05) is 12.1 Å². The normalized spacial score (nSPS) is 19.2. The third kappa shape index (κ3) is 4.29. The number of aryl methyl sites for hydroxylation is 1. The van der Waals surface area contributed by atoms with Crippen LogP contribution in [0.5, 0.6) is 0 Å². The molecule has 0 radical (unpaired) electrons. The smallest absolute Gasteiger partial charge is 0.162 e. The fraction of sp³-hybridized carbons (Fsp3) is 0.588. The van der Waals surface area contributed by atoms with E-state index in [-0.39, 0.29) is 0 Å². The quantitative estimate of drug-likeness (QED) is 0.632. The second kappa shape index (κ2) is 7.35. The maximum atomic E-state index is 12.0. The van der Waals surface area contributed by atoms with Crippen LogP contribution in [0.15, 0.2) is 24.3 Å². The van der Waals surface area contributed by atoms with E-state index in [1.165, 1.54) is 50.5 Å². The molecule has 1 aromatic rings. The first-order chi connectivity index (χ1) is 8.86. The molecule has 1 nitrogen and oxygen atoms in total. The number of hydrogen-bond donors (Lipinski definition) is 0. The van der Waals surface area contributed by atoms with Gasteiger partial charge in [-0.3, -0.25) is 4.79 Å². The molecule has 98 valence electrons. The zero-order chi connectivity index (χ0) is 12.6. The van der Waals surface area contributed by atoms with Crippen LogP contribution in [0.25, 0.3) is 0 Å². The van der Waals surface area contributed by atoms with E-state index in [0.29, 0.717) is 5.78 Å². The second-order valence-electron chi connectivity index (χ2n) is 5.45. The Labute approximate surface area is 111 Å². The molecular weight excluding hydrogens is 220 g/mol. The predicted octanol–water partition coefficient (Wildman–Crippen LogP) is 4.94. The summed E-state index contributed by atoms with van der Waals surface area (Å²) in [6, 6.07) is 8.27. The van der Waals surface area contributed by atoms with Crippen molar-refractivity contribution in [3.63, 3.8) is 0 Å². The molecule has 0 spiro atoms.